The Hall–Kier alpha value is -2.02. The third kappa shape index (κ3) is 3.49. The van der Waals surface area contributed by atoms with Crippen LogP contribution in [0, 0.1) is 18.3 Å². The molecule has 0 aliphatic carbocycles. The molecular formula is C14H18N2O2. The van der Waals surface area contributed by atoms with Crippen LogP contribution in [-0.2, 0) is 9.53 Å². The lowest BCUT2D eigenvalue weighted by Crippen LogP contribution is -2.31. The van der Waals surface area contributed by atoms with E-state index in [1.54, 1.807) is 19.1 Å². The number of carbonyl (C=O) groups excluding carboxylic acids is 1. The molecule has 0 saturated carbocycles. The molecule has 4 heteroatoms. The second-order valence-electron chi connectivity index (χ2n) is 4.00. The minimum Gasteiger partial charge on any atom is -0.464 e. The van der Waals surface area contributed by atoms with Gasteiger partial charge >= 0.3 is 5.97 Å². The number of carbonyl (C=O) groups is 1. The Morgan fingerprint density at radius 2 is 2.22 bits per heavy atom. The van der Waals surface area contributed by atoms with Crippen molar-refractivity contribution < 1.29 is 9.53 Å². The number of ether oxygens (including phenoxy) is 1. The van der Waals surface area contributed by atoms with Crippen LogP contribution < -0.4 is 5.32 Å². The van der Waals surface area contributed by atoms with E-state index in [4.69, 9.17) is 10.00 Å². The Balaban J connectivity index is 2.88. The van der Waals surface area contributed by atoms with Gasteiger partial charge in [0.25, 0.3) is 0 Å². The third-order valence-electron chi connectivity index (χ3n) is 2.68. The lowest BCUT2D eigenvalue weighted by atomic mass is 10.1. The molecule has 0 heterocycles. The number of esters is 1. The fourth-order valence-corrected chi connectivity index (χ4v) is 1.61. The average Bonchev–Trinajstić information content (AvgIpc) is 2.38. The quantitative estimate of drug-likeness (QED) is 0.811. The smallest absolute Gasteiger partial charge is 0.328 e. The van der Waals surface area contributed by atoms with E-state index in [2.05, 4.69) is 11.4 Å². The largest absolute Gasteiger partial charge is 0.464 e. The van der Waals surface area contributed by atoms with Gasteiger partial charge in [0.15, 0.2) is 0 Å². The molecular weight excluding hydrogens is 228 g/mol. The summed E-state index contributed by atoms with van der Waals surface area (Å²) in [6.07, 6.45) is 0.634. The Morgan fingerprint density at radius 3 is 2.78 bits per heavy atom. The Bertz CT molecular complexity index is 463. The summed E-state index contributed by atoms with van der Waals surface area (Å²) < 4.78 is 5.00. The molecule has 96 valence electrons. The minimum atomic E-state index is -0.377. The highest BCUT2D eigenvalue weighted by molar-refractivity contribution is 5.79. The monoisotopic (exact) mass is 246 g/mol. The van der Waals surface area contributed by atoms with Gasteiger partial charge in [0.2, 0.25) is 0 Å². The number of rotatable bonds is 5. The summed E-state index contributed by atoms with van der Waals surface area (Å²) in [7, 11) is 0. The summed E-state index contributed by atoms with van der Waals surface area (Å²) in [5.74, 6) is -0.262. The molecule has 0 aromatic heterocycles. The average molecular weight is 246 g/mol. The molecule has 4 nitrogen and oxygen atoms in total. The Kier molecular flexibility index (Phi) is 5.19. The molecule has 1 unspecified atom stereocenters. The molecule has 1 aromatic rings. The standard InChI is InChI=1S/C14H18N2O2/c1-4-12(14(17)18-5-2)16-13-8-11(9-15)7-6-10(13)3/h6-8,12,16H,4-5H2,1-3H3. The summed E-state index contributed by atoms with van der Waals surface area (Å²) in [6.45, 7) is 6.00. The zero-order chi connectivity index (χ0) is 13.5. The van der Waals surface area contributed by atoms with E-state index >= 15 is 0 Å². The number of benzene rings is 1. The predicted molar refractivity (Wildman–Crippen MR) is 70.2 cm³/mol. The summed E-state index contributed by atoms with van der Waals surface area (Å²) in [4.78, 5) is 11.7. The molecule has 0 aliphatic heterocycles. The van der Waals surface area contributed by atoms with E-state index in [-0.39, 0.29) is 12.0 Å². The number of nitrogens with zero attached hydrogens (tertiary/aromatic N) is 1. The molecule has 0 radical (unpaired) electrons. The van der Waals surface area contributed by atoms with Crippen LogP contribution >= 0.6 is 0 Å². The van der Waals surface area contributed by atoms with Crippen LogP contribution in [0.4, 0.5) is 5.69 Å². The maximum atomic E-state index is 11.7. The van der Waals surface area contributed by atoms with Crippen molar-refractivity contribution in [2.45, 2.75) is 33.2 Å². The van der Waals surface area contributed by atoms with Gasteiger partial charge in [0.1, 0.15) is 6.04 Å². The highest BCUT2D eigenvalue weighted by atomic mass is 16.5. The van der Waals surface area contributed by atoms with Gasteiger partial charge in [-0.25, -0.2) is 4.79 Å². The van der Waals surface area contributed by atoms with Gasteiger partial charge in [0, 0.05) is 5.69 Å². The lowest BCUT2D eigenvalue weighted by Gasteiger charge is -2.18. The van der Waals surface area contributed by atoms with Crippen molar-refractivity contribution in [2.24, 2.45) is 0 Å². The van der Waals surface area contributed by atoms with Crippen LogP contribution in [0.25, 0.3) is 0 Å². The second-order valence-corrected chi connectivity index (χ2v) is 4.00. The Morgan fingerprint density at radius 1 is 1.50 bits per heavy atom. The van der Waals surface area contributed by atoms with Crippen molar-refractivity contribution in [1.29, 1.82) is 5.26 Å². The van der Waals surface area contributed by atoms with Crippen LogP contribution in [0.3, 0.4) is 0 Å². The summed E-state index contributed by atoms with van der Waals surface area (Å²) in [5, 5.41) is 12.0. The molecule has 18 heavy (non-hydrogen) atoms. The highest BCUT2D eigenvalue weighted by Gasteiger charge is 2.18. The van der Waals surface area contributed by atoms with E-state index in [1.807, 2.05) is 19.9 Å². The van der Waals surface area contributed by atoms with Gasteiger partial charge in [-0.05, 0) is 38.0 Å². The SMILES string of the molecule is CCOC(=O)C(CC)Nc1cc(C#N)ccc1C. The second kappa shape index (κ2) is 6.65. The van der Waals surface area contributed by atoms with Gasteiger partial charge < -0.3 is 10.1 Å². The van der Waals surface area contributed by atoms with E-state index < -0.39 is 0 Å². The summed E-state index contributed by atoms with van der Waals surface area (Å²) in [6, 6.07) is 7.07. The topological polar surface area (TPSA) is 62.1 Å². The molecule has 0 amide bonds. The first-order valence-electron chi connectivity index (χ1n) is 6.06. The van der Waals surface area contributed by atoms with Gasteiger partial charge in [0.05, 0.1) is 18.2 Å². The third-order valence-corrected chi connectivity index (χ3v) is 2.68. The zero-order valence-corrected chi connectivity index (χ0v) is 11.0. The van der Waals surface area contributed by atoms with E-state index in [0.29, 0.717) is 18.6 Å². The number of hydrogen-bond donors (Lipinski definition) is 1. The molecule has 1 atom stereocenters. The molecule has 1 rings (SSSR count). The van der Waals surface area contributed by atoms with Gasteiger partial charge in [-0.2, -0.15) is 5.26 Å². The Labute approximate surface area is 108 Å². The van der Waals surface area contributed by atoms with Gasteiger partial charge in [-0.3, -0.25) is 0 Å². The molecule has 1 aromatic carbocycles. The number of nitriles is 1. The molecule has 0 spiro atoms. The summed E-state index contributed by atoms with van der Waals surface area (Å²) >= 11 is 0. The van der Waals surface area contributed by atoms with Crippen molar-refractivity contribution in [1.82, 2.24) is 0 Å². The van der Waals surface area contributed by atoms with E-state index in [0.717, 1.165) is 11.3 Å². The normalized spacial score (nSPS) is 11.4. The molecule has 0 fully saturated rings. The predicted octanol–water partition coefficient (Wildman–Crippen LogP) is 2.62. The van der Waals surface area contributed by atoms with Crippen LogP contribution in [-0.4, -0.2) is 18.6 Å². The fraction of sp³-hybridized carbons (Fsp3) is 0.429. The number of anilines is 1. The van der Waals surface area contributed by atoms with Crippen LogP contribution in [0.5, 0.6) is 0 Å². The van der Waals surface area contributed by atoms with Crippen molar-refractivity contribution in [3.8, 4) is 6.07 Å². The summed E-state index contributed by atoms with van der Waals surface area (Å²) in [5.41, 5.74) is 2.37. The van der Waals surface area contributed by atoms with E-state index in [1.165, 1.54) is 0 Å². The zero-order valence-electron chi connectivity index (χ0n) is 11.0. The van der Waals surface area contributed by atoms with Crippen molar-refractivity contribution in [3.63, 3.8) is 0 Å². The number of hydrogen-bond acceptors (Lipinski definition) is 4. The maximum Gasteiger partial charge on any atom is 0.328 e. The first-order valence-corrected chi connectivity index (χ1v) is 6.06. The lowest BCUT2D eigenvalue weighted by molar-refractivity contribution is -0.144. The van der Waals surface area contributed by atoms with Crippen LogP contribution in [0.2, 0.25) is 0 Å². The molecule has 0 bridgehead atoms. The van der Waals surface area contributed by atoms with Crippen molar-refractivity contribution >= 4 is 11.7 Å². The van der Waals surface area contributed by atoms with Crippen molar-refractivity contribution in [2.75, 3.05) is 11.9 Å². The first kappa shape index (κ1) is 14.0. The maximum absolute atomic E-state index is 11.7. The molecule has 0 saturated heterocycles. The van der Waals surface area contributed by atoms with Crippen LogP contribution in [0.1, 0.15) is 31.4 Å². The van der Waals surface area contributed by atoms with Crippen LogP contribution in [0.15, 0.2) is 18.2 Å². The van der Waals surface area contributed by atoms with E-state index in [9.17, 15) is 4.79 Å². The number of nitrogens with one attached hydrogen (secondary N) is 1. The van der Waals surface area contributed by atoms with Gasteiger partial charge in [-0.1, -0.05) is 13.0 Å². The minimum absolute atomic E-state index is 0.262. The molecule has 1 N–H and O–H groups in total. The van der Waals surface area contributed by atoms with Gasteiger partial charge in [-0.15, -0.1) is 0 Å². The molecule has 0 aliphatic rings. The highest BCUT2D eigenvalue weighted by Crippen LogP contribution is 2.18. The first-order chi connectivity index (χ1) is 8.62. The fourth-order valence-electron chi connectivity index (χ4n) is 1.61. The van der Waals surface area contributed by atoms with Crippen molar-refractivity contribution in [3.05, 3.63) is 29.3 Å². The number of aryl methyl sites for hydroxylation is 1.